The predicted octanol–water partition coefficient (Wildman–Crippen LogP) is 3.15. The minimum atomic E-state index is 0.223. The highest BCUT2D eigenvalue weighted by Gasteiger charge is 2.06. The van der Waals surface area contributed by atoms with Crippen LogP contribution in [0.15, 0.2) is 30.3 Å². The first kappa shape index (κ1) is 14.3. The summed E-state index contributed by atoms with van der Waals surface area (Å²) in [6.07, 6.45) is 2.36. The van der Waals surface area contributed by atoms with Gasteiger partial charge in [0, 0.05) is 23.8 Å². The lowest BCUT2D eigenvalue weighted by Gasteiger charge is -2.08. The molecule has 94 valence electrons. The Labute approximate surface area is 107 Å². The molecule has 0 bridgehead atoms. The molecule has 0 amide bonds. The fourth-order valence-corrected chi connectivity index (χ4v) is 2.54. The van der Waals surface area contributed by atoms with E-state index in [0.29, 0.717) is 11.7 Å². The first-order valence-electron chi connectivity index (χ1n) is 6.04. The number of thioether (sulfide) groups is 1. The van der Waals surface area contributed by atoms with E-state index in [0.717, 1.165) is 24.2 Å². The first-order chi connectivity index (χ1) is 8.24. The van der Waals surface area contributed by atoms with Gasteiger partial charge in [-0.1, -0.05) is 37.3 Å². The molecule has 1 aromatic rings. The van der Waals surface area contributed by atoms with Crippen LogP contribution in [0.4, 0.5) is 0 Å². The first-order valence-corrected chi connectivity index (χ1v) is 7.09. The largest absolute Gasteiger partial charge is 0.396 e. The van der Waals surface area contributed by atoms with Gasteiger partial charge in [-0.3, -0.25) is 4.79 Å². The lowest BCUT2D eigenvalue weighted by molar-refractivity contribution is 0.0982. The molecule has 0 saturated heterocycles. The third-order valence-electron chi connectivity index (χ3n) is 2.58. The summed E-state index contributed by atoms with van der Waals surface area (Å²) in [6.45, 7) is 2.36. The van der Waals surface area contributed by atoms with E-state index >= 15 is 0 Å². The molecule has 3 heteroatoms. The van der Waals surface area contributed by atoms with Crippen molar-refractivity contribution in [2.24, 2.45) is 0 Å². The average molecular weight is 252 g/mol. The predicted molar refractivity (Wildman–Crippen MR) is 73.6 cm³/mol. The van der Waals surface area contributed by atoms with Crippen molar-refractivity contribution in [3.05, 3.63) is 35.9 Å². The van der Waals surface area contributed by atoms with Gasteiger partial charge in [0.2, 0.25) is 0 Å². The second-order valence-corrected chi connectivity index (χ2v) is 5.63. The molecule has 1 unspecified atom stereocenters. The molecule has 0 radical (unpaired) electrons. The van der Waals surface area contributed by atoms with Crippen LogP contribution in [0, 0.1) is 0 Å². The summed E-state index contributed by atoms with van der Waals surface area (Å²) in [5.74, 6) is 1.21. The number of rotatable bonds is 8. The van der Waals surface area contributed by atoms with E-state index < -0.39 is 0 Å². The van der Waals surface area contributed by atoms with Gasteiger partial charge in [-0.2, -0.15) is 11.8 Å². The summed E-state index contributed by atoms with van der Waals surface area (Å²) in [5.41, 5.74) is 0.806. The molecule has 2 nitrogen and oxygen atoms in total. The number of hydrogen-bond acceptors (Lipinski definition) is 3. The molecule has 0 aliphatic carbocycles. The Morgan fingerprint density at radius 3 is 2.71 bits per heavy atom. The second kappa shape index (κ2) is 8.31. The highest BCUT2D eigenvalue weighted by molar-refractivity contribution is 7.99. The van der Waals surface area contributed by atoms with Gasteiger partial charge in [-0.15, -0.1) is 0 Å². The number of hydrogen-bond donors (Lipinski definition) is 1. The number of Topliss-reactive ketones (excluding diaryl/α,β-unsaturated/α-hetero) is 1. The molecule has 0 aliphatic rings. The summed E-state index contributed by atoms with van der Waals surface area (Å²) < 4.78 is 0. The van der Waals surface area contributed by atoms with Crippen LogP contribution >= 0.6 is 11.8 Å². The maximum Gasteiger partial charge on any atom is 0.162 e. The van der Waals surface area contributed by atoms with E-state index in [-0.39, 0.29) is 12.4 Å². The van der Waals surface area contributed by atoms with Gasteiger partial charge in [0.25, 0.3) is 0 Å². The fraction of sp³-hybridized carbons (Fsp3) is 0.500. The molecule has 1 aromatic carbocycles. The Balaban J connectivity index is 2.17. The lowest BCUT2D eigenvalue weighted by Crippen LogP contribution is -2.03. The molecule has 0 heterocycles. The van der Waals surface area contributed by atoms with Crippen LogP contribution in [0.3, 0.4) is 0 Å². The Hall–Kier alpha value is -0.800. The number of benzene rings is 1. The number of aliphatic hydroxyl groups is 1. The van der Waals surface area contributed by atoms with Gasteiger partial charge < -0.3 is 5.11 Å². The van der Waals surface area contributed by atoms with Crippen molar-refractivity contribution in [3.8, 4) is 0 Å². The van der Waals surface area contributed by atoms with Crippen LogP contribution in [-0.2, 0) is 0 Å². The SMILES string of the molecule is CC(CCO)SCCCC(=O)c1ccccc1. The van der Waals surface area contributed by atoms with Crippen molar-refractivity contribution < 1.29 is 9.90 Å². The zero-order valence-corrected chi connectivity index (χ0v) is 11.1. The van der Waals surface area contributed by atoms with Gasteiger partial charge in [-0.05, 0) is 18.6 Å². The van der Waals surface area contributed by atoms with Gasteiger partial charge in [0.15, 0.2) is 5.78 Å². The quantitative estimate of drug-likeness (QED) is 0.570. The summed E-state index contributed by atoms with van der Waals surface area (Å²) in [6, 6.07) is 9.44. The number of ketones is 1. The molecule has 0 aromatic heterocycles. The van der Waals surface area contributed by atoms with E-state index in [9.17, 15) is 4.79 Å². The Bertz CT molecular complexity index is 324. The molecule has 1 rings (SSSR count). The minimum Gasteiger partial charge on any atom is -0.396 e. The second-order valence-electron chi connectivity index (χ2n) is 4.09. The van der Waals surface area contributed by atoms with Gasteiger partial charge >= 0.3 is 0 Å². The molecule has 1 atom stereocenters. The lowest BCUT2D eigenvalue weighted by atomic mass is 10.1. The van der Waals surface area contributed by atoms with Crippen LogP contribution in [0.2, 0.25) is 0 Å². The van der Waals surface area contributed by atoms with Crippen molar-refractivity contribution in [1.82, 2.24) is 0 Å². The van der Waals surface area contributed by atoms with Crippen molar-refractivity contribution in [2.45, 2.75) is 31.4 Å². The molecule has 0 aliphatic heterocycles. The maximum absolute atomic E-state index is 11.8. The average Bonchev–Trinajstić information content (AvgIpc) is 2.36. The van der Waals surface area contributed by atoms with Crippen LogP contribution in [0.1, 0.15) is 36.5 Å². The number of aliphatic hydroxyl groups excluding tert-OH is 1. The van der Waals surface area contributed by atoms with E-state index in [1.807, 2.05) is 42.1 Å². The smallest absolute Gasteiger partial charge is 0.162 e. The van der Waals surface area contributed by atoms with Crippen molar-refractivity contribution in [2.75, 3.05) is 12.4 Å². The topological polar surface area (TPSA) is 37.3 Å². The van der Waals surface area contributed by atoms with Crippen LogP contribution in [0.25, 0.3) is 0 Å². The molecular formula is C14H20O2S. The highest BCUT2D eigenvalue weighted by atomic mass is 32.2. The Morgan fingerprint density at radius 1 is 1.35 bits per heavy atom. The Kier molecular flexibility index (Phi) is 6.97. The standard InChI is InChI=1S/C14H20O2S/c1-12(9-10-15)17-11-5-8-14(16)13-6-3-2-4-7-13/h2-4,6-7,12,15H,5,8-11H2,1H3. The van der Waals surface area contributed by atoms with E-state index in [1.54, 1.807) is 0 Å². The highest BCUT2D eigenvalue weighted by Crippen LogP contribution is 2.16. The van der Waals surface area contributed by atoms with Gasteiger partial charge in [0.1, 0.15) is 0 Å². The summed E-state index contributed by atoms with van der Waals surface area (Å²) in [7, 11) is 0. The van der Waals surface area contributed by atoms with Crippen LogP contribution < -0.4 is 0 Å². The minimum absolute atomic E-state index is 0.223. The molecular weight excluding hydrogens is 232 g/mol. The third-order valence-corrected chi connectivity index (χ3v) is 3.91. The number of carbonyl (C=O) groups excluding carboxylic acids is 1. The van der Waals surface area contributed by atoms with Crippen LogP contribution in [-0.4, -0.2) is 28.5 Å². The van der Waals surface area contributed by atoms with Crippen molar-refractivity contribution >= 4 is 17.5 Å². The maximum atomic E-state index is 11.8. The molecule has 0 saturated carbocycles. The third kappa shape index (κ3) is 5.89. The normalized spacial score (nSPS) is 12.4. The van der Waals surface area contributed by atoms with E-state index in [1.165, 1.54) is 0 Å². The zero-order chi connectivity index (χ0) is 12.5. The van der Waals surface area contributed by atoms with Crippen LogP contribution in [0.5, 0.6) is 0 Å². The molecule has 17 heavy (non-hydrogen) atoms. The molecule has 0 spiro atoms. The fourth-order valence-electron chi connectivity index (χ4n) is 1.55. The van der Waals surface area contributed by atoms with Gasteiger partial charge in [0.05, 0.1) is 0 Å². The number of carbonyl (C=O) groups is 1. The molecule has 0 fully saturated rings. The van der Waals surface area contributed by atoms with Crippen molar-refractivity contribution in [3.63, 3.8) is 0 Å². The monoisotopic (exact) mass is 252 g/mol. The summed E-state index contributed by atoms with van der Waals surface area (Å²) in [5, 5.41) is 9.24. The Morgan fingerprint density at radius 2 is 2.06 bits per heavy atom. The van der Waals surface area contributed by atoms with Gasteiger partial charge in [-0.25, -0.2) is 0 Å². The zero-order valence-electron chi connectivity index (χ0n) is 10.3. The van der Waals surface area contributed by atoms with E-state index in [4.69, 9.17) is 5.11 Å². The molecule has 1 N–H and O–H groups in total. The van der Waals surface area contributed by atoms with E-state index in [2.05, 4.69) is 6.92 Å². The summed E-state index contributed by atoms with van der Waals surface area (Å²) in [4.78, 5) is 11.8. The summed E-state index contributed by atoms with van der Waals surface area (Å²) >= 11 is 1.83. The van der Waals surface area contributed by atoms with Crippen molar-refractivity contribution in [1.29, 1.82) is 0 Å².